The number of hydrogen-bond acceptors (Lipinski definition) is 3. The molecule has 2 N–H and O–H groups in total. The van der Waals surface area contributed by atoms with Gasteiger partial charge < -0.3 is 15.5 Å². The van der Waals surface area contributed by atoms with Crippen LogP contribution >= 0.6 is 0 Å². The minimum atomic E-state index is -0.0488. The lowest BCUT2D eigenvalue weighted by atomic mass is 10.1. The lowest BCUT2D eigenvalue weighted by Crippen LogP contribution is -2.27. The maximum atomic E-state index is 12.0. The van der Waals surface area contributed by atoms with Crippen LogP contribution in [0.3, 0.4) is 0 Å². The van der Waals surface area contributed by atoms with Crippen molar-refractivity contribution in [3.63, 3.8) is 0 Å². The van der Waals surface area contributed by atoms with Crippen molar-refractivity contribution in [1.29, 1.82) is 0 Å². The van der Waals surface area contributed by atoms with E-state index in [2.05, 4.69) is 15.5 Å². The van der Waals surface area contributed by atoms with Crippen LogP contribution < -0.4 is 10.6 Å². The number of amides is 2. The summed E-state index contributed by atoms with van der Waals surface area (Å²) in [4.78, 5) is 25.6. The summed E-state index contributed by atoms with van der Waals surface area (Å²) < 4.78 is 0. The van der Waals surface area contributed by atoms with Gasteiger partial charge in [-0.1, -0.05) is 12.1 Å². The molecule has 0 atom stereocenters. The van der Waals surface area contributed by atoms with Gasteiger partial charge in [-0.25, -0.2) is 0 Å². The van der Waals surface area contributed by atoms with Gasteiger partial charge in [0.1, 0.15) is 0 Å². The fourth-order valence-corrected chi connectivity index (χ4v) is 2.15. The van der Waals surface area contributed by atoms with E-state index in [1.807, 2.05) is 26.2 Å². The third-order valence-electron chi connectivity index (χ3n) is 3.70. The van der Waals surface area contributed by atoms with Crippen molar-refractivity contribution in [2.75, 3.05) is 27.2 Å². The van der Waals surface area contributed by atoms with E-state index in [9.17, 15) is 9.59 Å². The van der Waals surface area contributed by atoms with E-state index < -0.39 is 0 Å². The molecule has 0 unspecified atom stereocenters. The molecule has 1 saturated carbocycles. The van der Waals surface area contributed by atoms with E-state index in [0.717, 1.165) is 31.4 Å². The van der Waals surface area contributed by atoms with Crippen molar-refractivity contribution in [2.45, 2.75) is 25.8 Å². The largest absolute Gasteiger partial charge is 0.352 e. The summed E-state index contributed by atoms with van der Waals surface area (Å²) in [5, 5.41) is 5.83. The summed E-state index contributed by atoms with van der Waals surface area (Å²) in [7, 11) is 4.03. The lowest BCUT2D eigenvalue weighted by Gasteiger charge is -2.10. The highest BCUT2D eigenvalue weighted by Gasteiger charge is 2.29. The zero-order chi connectivity index (χ0) is 15.9. The van der Waals surface area contributed by atoms with Gasteiger partial charge in [-0.05, 0) is 57.6 Å². The number of carbonyl (C=O) groups excluding carboxylic acids is 2. The number of benzene rings is 1. The number of nitrogens with one attached hydrogen (secondary N) is 2. The predicted octanol–water partition coefficient (Wildman–Crippen LogP) is 1.39. The van der Waals surface area contributed by atoms with Crippen LogP contribution in [-0.2, 0) is 11.3 Å². The van der Waals surface area contributed by atoms with Crippen molar-refractivity contribution in [2.24, 2.45) is 5.92 Å². The van der Waals surface area contributed by atoms with Gasteiger partial charge in [0.05, 0.1) is 0 Å². The Hall–Kier alpha value is -1.88. The average molecular weight is 303 g/mol. The van der Waals surface area contributed by atoms with E-state index in [4.69, 9.17) is 0 Å². The lowest BCUT2D eigenvalue weighted by molar-refractivity contribution is -0.122. The van der Waals surface area contributed by atoms with E-state index in [0.29, 0.717) is 18.7 Å². The first-order valence-electron chi connectivity index (χ1n) is 7.86. The van der Waals surface area contributed by atoms with Crippen LogP contribution in [0.15, 0.2) is 24.3 Å². The number of nitrogens with zero attached hydrogens (tertiary/aromatic N) is 1. The number of rotatable bonds is 8. The number of carbonyl (C=O) groups is 2. The maximum Gasteiger partial charge on any atom is 0.251 e. The minimum Gasteiger partial charge on any atom is -0.352 e. The van der Waals surface area contributed by atoms with E-state index >= 15 is 0 Å². The molecular weight excluding hydrogens is 278 g/mol. The smallest absolute Gasteiger partial charge is 0.251 e. The van der Waals surface area contributed by atoms with Gasteiger partial charge >= 0.3 is 0 Å². The molecule has 2 rings (SSSR count). The molecule has 1 aliphatic rings. The number of hydrogen-bond donors (Lipinski definition) is 2. The first-order chi connectivity index (χ1) is 10.6. The third-order valence-corrected chi connectivity index (χ3v) is 3.70. The van der Waals surface area contributed by atoms with Crippen molar-refractivity contribution >= 4 is 11.8 Å². The second-order valence-corrected chi connectivity index (χ2v) is 6.10. The van der Waals surface area contributed by atoms with Crippen LogP contribution in [0.5, 0.6) is 0 Å². The average Bonchev–Trinajstić information content (AvgIpc) is 3.34. The second-order valence-electron chi connectivity index (χ2n) is 6.10. The molecule has 1 fully saturated rings. The Morgan fingerprint density at radius 1 is 1.14 bits per heavy atom. The van der Waals surface area contributed by atoms with Gasteiger partial charge in [-0.3, -0.25) is 9.59 Å². The van der Waals surface area contributed by atoms with Crippen LogP contribution in [-0.4, -0.2) is 43.9 Å². The standard InChI is InChI=1S/C17H25N3O2/c1-20(2)11-3-10-18-16(21)14-6-4-13(5-7-14)12-19-17(22)15-8-9-15/h4-7,15H,3,8-12H2,1-2H3,(H,18,21)(H,19,22). The molecule has 1 aliphatic carbocycles. The molecular formula is C17H25N3O2. The highest BCUT2D eigenvalue weighted by atomic mass is 16.2. The van der Waals surface area contributed by atoms with Crippen LogP contribution in [0, 0.1) is 5.92 Å². The summed E-state index contributed by atoms with van der Waals surface area (Å²) in [5.41, 5.74) is 1.67. The molecule has 0 heterocycles. The van der Waals surface area contributed by atoms with Crippen molar-refractivity contribution in [3.8, 4) is 0 Å². The summed E-state index contributed by atoms with van der Waals surface area (Å²) in [6, 6.07) is 7.39. The molecule has 5 nitrogen and oxygen atoms in total. The van der Waals surface area contributed by atoms with Crippen molar-refractivity contribution < 1.29 is 9.59 Å². The molecule has 5 heteroatoms. The molecule has 120 valence electrons. The quantitative estimate of drug-likeness (QED) is 0.714. The first kappa shape index (κ1) is 16.5. The SMILES string of the molecule is CN(C)CCCNC(=O)c1ccc(CNC(=O)C2CC2)cc1. The molecule has 22 heavy (non-hydrogen) atoms. The normalized spacial score (nSPS) is 14.0. The molecule has 1 aromatic rings. The first-order valence-corrected chi connectivity index (χ1v) is 7.86. The second kappa shape index (κ2) is 7.94. The Kier molecular flexibility index (Phi) is 5.95. The molecule has 2 amide bonds. The highest BCUT2D eigenvalue weighted by Crippen LogP contribution is 2.28. The van der Waals surface area contributed by atoms with Crippen LogP contribution in [0.25, 0.3) is 0 Å². The third kappa shape index (κ3) is 5.48. The van der Waals surface area contributed by atoms with Gasteiger partial charge in [-0.2, -0.15) is 0 Å². The summed E-state index contributed by atoms with van der Waals surface area (Å²) >= 11 is 0. The molecule has 0 radical (unpaired) electrons. The molecule has 0 aromatic heterocycles. The Bertz CT molecular complexity index is 507. The van der Waals surface area contributed by atoms with E-state index in [1.54, 1.807) is 12.1 Å². The fraction of sp³-hybridized carbons (Fsp3) is 0.529. The Morgan fingerprint density at radius 2 is 1.82 bits per heavy atom. The molecule has 0 saturated heterocycles. The molecule has 1 aromatic carbocycles. The topological polar surface area (TPSA) is 61.4 Å². The molecule has 0 bridgehead atoms. The van der Waals surface area contributed by atoms with Gasteiger partial charge in [0.25, 0.3) is 5.91 Å². The van der Waals surface area contributed by atoms with Crippen LogP contribution in [0.4, 0.5) is 0 Å². The van der Waals surface area contributed by atoms with Gasteiger partial charge in [-0.15, -0.1) is 0 Å². The maximum absolute atomic E-state index is 12.0. The summed E-state index contributed by atoms with van der Waals surface area (Å²) in [6.45, 7) is 2.16. The van der Waals surface area contributed by atoms with E-state index in [1.165, 1.54) is 0 Å². The van der Waals surface area contributed by atoms with Gasteiger partial charge in [0, 0.05) is 24.6 Å². The highest BCUT2D eigenvalue weighted by molar-refractivity contribution is 5.94. The van der Waals surface area contributed by atoms with Crippen molar-refractivity contribution in [1.82, 2.24) is 15.5 Å². The zero-order valence-electron chi connectivity index (χ0n) is 13.4. The van der Waals surface area contributed by atoms with Crippen LogP contribution in [0.2, 0.25) is 0 Å². The Balaban J connectivity index is 1.72. The monoisotopic (exact) mass is 303 g/mol. The Labute approximate surface area is 132 Å². The summed E-state index contributed by atoms with van der Waals surface area (Å²) in [6.07, 6.45) is 2.96. The molecule has 0 aliphatic heterocycles. The Morgan fingerprint density at radius 3 is 2.41 bits per heavy atom. The predicted molar refractivity (Wildman–Crippen MR) is 86.5 cm³/mol. The van der Waals surface area contributed by atoms with Crippen LogP contribution in [0.1, 0.15) is 35.2 Å². The minimum absolute atomic E-state index is 0.0488. The van der Waals surface area contributed by atoms with Crippen molar-refractivity contribution in [3.05, 3.63) is 35.4 Å². The van der Waals surface area contributed by atoms with Gasteiger partial charge in [0.15, 0.2) is 0 Å². The van der Waals surface area contributed by atoms with E-state index in [-0.39, 0.29) is 17.7 Å². The summed E-state index contributed by atoms with van der Waals surface area (Å²) in [5.74, 6) is 0.322. The zero-order valence-corrected chi connectivity index (χ0v) is 13.4. The van der Waals surface area contributed by atoms with Gasteiger partial charge in [0.2, 0.25) is 5.91 Å². The molecule has 0 spiro atoms. The fourth-order valence-electron chi connectivity index (χ4n) is 2.15.